The Hall–Kier alpha value is -2.87. The molecule has 0 N–H and O–H groups in total. The van der Waals surface area contributed by atoms with E-state index >= 15 is 0 Å². The van der Waals surface area contributed by atoms with Crippen molar-refractivity contribution in [2.24, 2.45) is 5.92 Å². The van der Waals surface area contributed by atoms with E-state index in [1.54, 1.807) is 0 Å². The van der Waals surface area contributed by atoms with Gasteiger partial charge < -0.3 is 4.74 Å². The number of hydrogen-bond acceptors (Lipinski definition) is 2. The third-order valence-corrected chi connectivity index (χ3v) is 5.55. The van der Waals surface area contributed by atoms with Crippen molar-refractivity contribution in [3.63, 3.8) is 0 Å². The molecule has 1 aliphatic carbocycles. The molecule has 28 heavy (non-hydrogen) atoms. The van der Waals surface area contributed by atoms with Crippen LogP contribution in [0.15, 0.2) is 78.9 Å². The van der Waals surface area contributed by atoms with Crippen LogP contribution in [0, 0.1) is 5.92 Å². The lowest BCUT2D eigenvalue weighted by Gasteiger charge is -2.20. The van der Waals surface area contributed by atoms with Gasteiger partial charge in [0, 0.05) is 6.42 Å². The van der Waals surface area contributed by atoms with Crippen LogP contribution >= 0.6 is 0 Å². The Bertz CT molecular complexity index is 924. The topological polar surface area (TPSA) is 26.3 Å². The largest absolute Gasteiger partial charge is 0.426 e. The molecule has 0 radical (unpaired) electrons. The molecule has 0 atom stereocenters. The van der Waals surface area contributed by atoms with Crippen LogP contribution in [0.25, 0.3) is 22.3 Å². The van der Waals surface area contributed by atoms with Gasteiger partial charge in [0.15, 0.2) is 0 Å². The lowest BCUT2D eigenvalue weighted by Crippen LogP contribution is -2.16. The lowest BCUT2D eigenvalue weighted by atomic mass is 9.87. The van der Waals surface area contributed by atoms with Crippen LogP contribution < -0.4 is 4.74 Å². The average molecular weight is 370 g/mol. The molecule has 3 aromatic carbocycles. The van der Waals surface area contributed by atoms with Crippen molar-refractivity contribution in [2.45, 2.75) is 38.5 Å². The molecule has 3 aromatic rings. The summed E-state index contributed by atoms with van der Waals surface area (Å²) in [5, 5.41) is 0. The van der Waals surface area contributed by atoms with Crippen molar-refractivity contribution >= 4 is 5.97 Å². The first-order valence-corrected chi connectivity index (χ1v) is 10.2. The molecule has 1 fully saturated rings. The van der Waals surface area contributed by atoms with Gasteiger partial charge in [-0.05, 0) is 59.2 Å². The molecule has 1 saturated carbocycles. The van der Waals surface area contributed by atoms with E-state index in [1.807, 2.05) is 36.4 Å². The summed E-state index contributed by atoms with van der Waals surface area (Å²) in [5.74, 6) is 1.01. The number of ether oxygens (including phenoxy) is 1. The monoisotopic (exact) mass is 370 g/mol. The molecule has 0 amide bonds. The Balaban J connectivity index is 1.48. The molecule has 0 saturated heterocycles. The minimum atomic E-state index is -0.109. The summed E-state index contributed by atoms with van der Waals surface area (Å²) < 4.78 is 5.66. The highest BCUT2D eigenvalue weighted by molar-refractivity contribution is 5.76. The highest BCUT2D eigenvalue weighted by Crippen LogP contribution is 2.30. The van der Waals surface area contributed by atoms with Crippen molar-refractivity contribution in [1.82, 2.24) is 0 Å². The van der Waals surface area contributed by atoms with Gasteiger partial charge in [0.2, 0.25) is 0 Å². The summed E-state index contributed by atoms with van der Waals surface area (Å²) in [6.45, 7) is 0. The van der Waals surface area contributed by atoms with Gasteiger partial charge in [0.05, 0.1) is 0 Å². The highest BCUT2D eigenvalue weighted by Gasteiger charge is 2.18. The minimum absolute atomic E-state index is 0.109. The van der Waals surface area contributed by atoms with E-state index in [4.69, 9.17) is 4.74 Å². The molecule has 0 aromatic heterocycles. The number of carbonyl (C=O) groups excluding carboxylic acids is 1. The standard InChI is InChI=1S/C26H26O2/c27-26(17-20-9-3-1-4-10-20)28-25-16-8-15-24(19-25)23-14-7-13-22(18-23)21-11-5-2-6-12-21/h2,5-8,11-16,18-20H,1,3-4,9-10,17H2. The number of benzene rings is 3. The van der Waals surface area contributed by atoms with E-state index in [0.29, 0.717) is 18.1 Å². The molecule has 0 bridgehead atoms. The Morgan fingerprint density at radius 3 is 2.07 bits per heavy atom. The zero-order valence-electron chi connectivity index (χ0n) is 16.1. The van der Waals surface area contributed by atoms with Gasteiger partial charge in [-0.3, -0.25) is 4.79 Å². The van der Waals surface area contributed by atoms with Gasteiger partial charge in [-0.15, -0.1) is 0 Å². The van der Waals surface area contributed by atoms with Gasteiger partial charge in [0.25, 0.3) is 0 Å². The maximum absolute atomic E-state index is 12.3. The second-order valence-corrected chi connectivity index (χ2v) is 7.66. The summed E-state index contributed by atoms with van der Waals surface area (Å²) >= 11 is 0. The normalized spacial score (nSPS) is 14.6. The van der Waals surface area contributed by atoms with E-state index in [9.17, 15) is 4.79 Å². The van der Waals surface area contributed by atoms with E-state index in [-0.39, 0.29) is 5.97 Å². The summed E-state index contributed by atoms with van der Waals surface area (Å²) in [4.78, 5) is 12.3. The van der Waals surface area contributed by atoms with Crippen LogP contribution in [-0.4, -0.2) is 5.97 Å². The van der Waals surface area contributed by atoms with Gasteiger partial charge in [-0.2, -0.15) is 0 Å². The number of esters is 1. The molecule has 2 heteroatoms. The van der Waals surface area contributed by atoms with Gasteiger partial charge in [-0.1, -0.05) is 79.9 Å². The Labute approximate surface area is 167 Å². The first kappa shape index (κ1) is 18.5. The van der Waals surface area contributed by atoms with Crippen LogP contribution in [0.1, 0.15) is 38.5 Å². The predicted octanol–water partition coefficient (Wildman–Crippen LogP) is 6.90. The third-order valence-electron chi connectivity index (χ3n) is 5.55. The molecule has 4 rings (SSSR count). The Morgan fingerprint density at radius 2 is 1.32 bits per heavy atom. The molecule has 142 valence electrons. The summed E-state index contributed by atoms with van der Waals surface area (Å²) in [6, 6.07) is 26.6. The fourth-order valence-electron chi connectivity index (χ4n) is 4.05. The Kier molecular flexibility index (Phi) is 5.86. The van der Waals surface area contributed by atoms with E-state index in [1.165, 1.54) is 30.4 Å². The molecular formula is C26H26O2. The molecular weight excluding hydrogens is 344 g/mol. The molecule has 0 spiro atoms. The van der Waals surface area contributed by atoms with E-state index in [2.05, 4.69) is 42.5 Å². The van der Waals surface area contributed by atoms with E-state index in [0.717, 1.165) is 24.0 Å². The molecule has 2 nitrogen and oxygen atoms in total. The molecule has 0 heterocycles. The lowest BCUT2D eigenvalue weighted by molar-refractivity contribution is -0.135. The second-order valence-electron chi connectivity index (χ2n) is 7.66. The summed E-state index contributed by atoms with van der Waals surface area (Å²) in [6.07, 6.45) is 6.63. The summed E-state index contributed by atoms with van der Waals surface area (Å²) in [7, 11) is 0. The third kappa shape index (κ3) is 4.69. The van der Waals surface area contributed by atoms with Crippen LogP contribution in [0.5, 0.6) is 5.75 Å². The van der Waals surface area contributed by atoms with Crippen molar-refractivity contribution in [3.8, 4) is 28.0 Å². The van der Waals surface area contributed by atoms with Crippen molar-refractivity contribution in [2.75, 3.05) is 0 Å². The van der Waals surface area contributed by atoms with Gasteiger partial charge in [-0.25, -0.2) is 0 Å². The first-order valence-electron chi connectivity index (χ1n) is 10.2. The minimum Gasteiger partial charge on any atom is -0.426 e. The van der Waals surface area contributed by atoms with Crippen LogP contribution in [0.3, 0.4) is 0 Å². The van der Waals surface area contributed by atoms with Crippen molar-refractivity contribution in [1.29, 1.82) is 0 Å². The van der Waals surface area contributed by atoms with Crippen molar-refractivity contribution in [3.05, 3.63) is 78.9 Å². The highest BCUT2D eigenvalue weighted by atomic mass is 16.5. The fraction of sp³-hybridized carbons (Fsp3) is 0.269. The van der Waals surface area contributed by atoms with Crippen LogP contribution in [0.2, 0.25) is 0 Å². The van der Waals surface area contributed by atoms with Crippen LogP contribution in [-0.2, 0) is 4.79 Å². The maximum Gasteiger partial charge on any atom is 0.311 e. The predicted molar refractivity (Wildman–Crippen MR) is 114 cm³/mol. The molecule has 0 unspecified atom stereocenters. The van der Waals surface area contributed by atoms with Crippen molar-refractivity contribution < 1.29 is 9.53 Å². The molecule has 1 aliphatic rings. The number of carbonyl (C=O) groups is 1. The number of hydrogen-bond donors (Lipinski definition) is 0. The number of rotatable bonds is 5. The average Bonchev–Trinajstić information content (AvgIpc) is 2.75. The summed E-state index contributed by atoms with van der Waals surface area (Å²) in [5.41, 5.74) is 4.55. The van der Waals surface area contributed by atoms with E-state index < -0.39 is 0 Å². The fourth-order valence-corrected chi connectivity index (χ4v) is 4.05. The SMILES string of the molecule is O=C(CC1CCCCC1)Oc1cccc(-c2cccc(-c3ccccc3)c2)c1. The second kappa shape index (κ2) is 8.88. The molecule has 0 aliphatic heterocycles. The van der Waals surface area contributed by atoms with Crippen LogP contribution in [0.4, 0.5) is 0 Å². The van der Waals surface area contributed by atoms with Gasteiger partial charge in [0.1, 0.15) is 5.75 Å². The first-order chi connectivity index (χ1) is 13.8. The smallest absolute Gasteiger partial charge is 0.311 e. The quantitative estimate of drug-likeness (QED) is 0.361. The zero-order chi connectivity index (χ0) is 19.2. The maximum atomic E-state index is 12.3. The van der Waals surface area contributed by atoms with Gasteiger partial charge >= 0.3 is 5.97 Å². The zero-order valence-corrected chi connectivity index (χ0v) is 16.1. The Morgan fingerprint density at radius 1 is 0.714 bits per heavy atom.